The number of hydrogen-bond donors (Lipinski definition) is 1. The molecule has 0 saturated heterocycles. The van der Waals surface area contributed by atoms with Crippen LogP contribution in [-0.2, 0) is 10.0 Å². The Morgan fingerprint density at radius 1 is 0.828 bits per heavy atom. The van der Waals surface area contributed by atoms with Gasteiger partial charge < -0.3 is 4.74 Å². The summed E-state index contributed by atoms with van der Waals surface area (Å²) in [5.74, 6) is -3.09. The Labute approximate surface area is 162 Å². The van der Waals surface area contributed by atoms with E-state index in [1.807, 2.05) is 4.72 Å². The second-order valence-electron chi connectivity index (χ2n) is 5.81. The van der Waals surface area contributed by atoms with Crippen molar-refractivity contribution in [2.75, 3.05) is 4.72 Å². The summed E-state index contributed by atoms with van der Waals surface area (Å²) in [4.78, 5) is -0.430. The molecule has 0 bridgehead atoms. The summed E-state index contributed by atoms with van der Waals surface area (Å²) in [5.41, 5.74) is -0.318. The van der Waals surface area contributed by atoms with E-state index in [0.717, 1.165) is 48.5 Å². The molecule has 0 atom stereocenters. The number of halogens is 5. The summed E-state index contributed by atoms with van der Waals surface area (Å²) < 4.78 is 96.8. The minimum absolute atomic E-state index is 0.0480. The lowest BCUT2D eigenvalue weighted by molar-refractivity contribution is -0.0499. The maximum Gasteiger partial charge on any atom is 0.387 e. The van der Waals surface area contributed by atoms with Crippen LogP contribution in [0.4, 0.5) is 27.6 Å². The summed E-state index contributed by atoms with van der Waals surface area (Å²) in [6.45, 7) is -3.17. The minimum Gasteiger partial charge on any atom is -0.435 e. The lowest BCUT2D eigenvalue weighted by Gasteiger charge is -2.12. The third-order valence-electron chi connectivity index (χ3n) is 3.75. The zero-order chi connectivity index (χ0) is 21.2. The Morgan fingerprint density at radius 3 is 2.28 bits per heavy atom. The van der Waals surface area contributed by atoms with E-state index >= 15 is 0 Å². The predicted molar refractivity (Wildman–Crippen MR) is 95.6 cm³/mol. The van der Waals surface area contributed by atoms with Crippen molar-refractivity contribution >= 4 is 15.7 Å². The number of anilines is 1. The molecular weight excluding hydrogens is 417 g/mol. The standard InChI is InChI=1S/C19H12F5NO3S/c20-13-2-1-3-16(10-13)29(26,27)25-18-8-11(4-5-17(18)22)12-6-14(21)9-15(7-12)28-19(23)24/h1-10,19,25H. The molecule has 0 fully saturated rings. The highest BCUT2D eigenvalue weighted by Gasteiger charge is 2.18. The Kier molecular flexibility index (Phi) is 5.73. The molecular formula is C19H12F5NO3S. The summed E-state index contributed by atoms with van der Waals surface area (Å²) >= 11 is 0. The highest BCUT2D eigenvalue weighted by molar-refractivity contribution is 7.92. The van der Waals surface area contributed by atoms with E-state index in [2.05, 4.69) is 4.74 Å². The molecule has 0 saturated carbocycles. The monoisotopic (exact) mass is 429 g/mol. The summed E-state index contributed by atoms with van der Waals surface area (Å²) in [6.07, 6.45) is 0. The van der Waals surface area contributed by atoms with E-state index in [9.17, 15) is 30.4 Å². The Balaban J connectivity index is 1.98. The number of nitrogens with one attached hydrogen (secondary N) is 1. The van der Waals surface area contributed by atoms with E-state index in [4.69, 9.17) is 0 Å². The Bertz CT molecular complexity index is 1150. The van der Waals surface area contributed by atoms with Crippen LogP contribution in [0.5, 0.6) is 5.75 Å². The summed E-state index contributed by atoms with van der Waals surface area (Å²) in [7, 11) is -4.32. The van der Waals surface area contributed by atoms with E-state index in [0.29, 0.717) is 0 Å². The van der Waals surface area contributed by atoms with Gasteiger partial charge in [0.1, 0.15) is 23.2 Å². The second-order valence-corrected chi connectivity index (χ2v) is 7.49. The first-order chi connectivity index (χ1) is 13.6. The molecule has 10 heteroatoms. The molecule has 0 aliphatic rings. The van der Waals surface area contributed by atoms with E-state index in [1.165, 1.54) is 12.1 Å². The van der Waals surface area contributed by atoms with Crippen molar-refractivity contribution in [3.8, 4) is 16.9 Å². The molecule has 0 heterocycles. The second kappa shape index (κ2) is 8.08. The van der Waals surface area contributed by atoms with Crippen LogP contribution in [0.25, 0.3) is 11.1 Å². The Morgan fingerprint density at radius 2 is 1.59 bits per heavy atom. The molecule has 0 radical (unpaired) electrons. The van der Waals surface area contributed by atoms with Gasteiger partial charge in [0.2, 0.25) is 0 Å². The molecule has 0 aliphatic heterocycles. The van der Waals surface area contributed by atoms with Crippen LogP contribution in [-0.4, -0.2) is 15.0 Å². The van der Waals surface area contributed by atoms with Crippen LogP contribution < -0.4 is 9.46 Å². The average molecular weight is 429 g/mol. The minimum atomic E-state index is -4.32. The molecule has 29 heavy (non-hydrogen) atoms. The number of rotatable bonds is 6. The van der Waals surface area contributed by atoms with E-state index < -0.39 is 50.4 Å². The molecule has 3 aromatic rings. The largest absolute Gasteiger partial charge is 0.435 e. The fourth-order valence-electron chi connectivity index (χ4n) is 2.52. The number of benzene rings is 3. The van der Waals surface area contributed by atoms with Gasteiger partial charge in [-0.1, -0.05) is 12.1 Å². The van der Waals surface area contributed by atoms with Gasteiger partial charge in [-0.05, 0) is 53.6 Å². The van der Waals surface area contributed by atoms with Crippen LogP contribution in [0.15, 0.2) is 65.6 Å². The van der Waals surface area contributed by atoms with Gasteiger partial charge in [0.05, 0.1) is 10.6 Å². The summed E-state index contributed by atoms with van der Waals surface area (Å²) in [6, 6.07) is 10.1. The third-order valence-corrected chi connectivity index (χ3v) is 5.11. The van der Waals surface area contributed by atoms with Crippen LogP contribution in [0, 0.1) is 17.5 Å². The topological polar surface area (TPSA) is 55.4 Å². The molecule has 0 unspecified atom stereocenters. The first-order valence-electron chi connectivity index (χ1n) is 7.98. The smallest absolute Gasteiger partial charge is 0.387 e. The van der Waals surface area contributed by atoms with E-state index in [-0.39, 0.29) is 11.1 Å². The van der Waals surface area contributed by atoms with Gasteiger partial charge in [-0.2, -0.15) is 8.78 Å². The van der Waals surface area contributed by atoms with Gasteiger partial charge >= 0.3 is 6.61 Å². The third kappa shape index (κ3) is 5.02. The van der Waals surface area contributed by atoms with Gasteiger partial charge in [0.15, 0.2) is 0 Å². The number of hydrogen-bond acceptors (Lipinski definition) is 3. The van der Waals surface area contributed by atoms with Crippen LogP contribution in [0.1, 0.15) is 0 Å². The molecule has 4 nitrogen and oxygen atoms in total. The number of ether oxygens (including phenoxy) is 1. The normalized spacial score (nSPS) is 11.5. The Hall–Kier alpha value is -3.14. The number of alkyl halides is 2. The first kappa shape index (κ1) is 20.6. The maximum absolute atomic E-state index is 14.1. The molecule has 1 N–H and O–H groups in total. The fourth-order valence-corrected chi connectivity index (χ4v) is 3.61. The van der Waals surface area contributed by atoms with Crippen LogP contribution in [0.3, 0.4) is 0 Å². The highest BCUT2D eigenvalue weighted by atomic mass is 32.2. The van der Waals surface area contributed by atoms with Crippen molar-refractivity contribution in [3.05, 3.63) is 78.1 Å². The SMILES string of the molecule is O=S(=O)(Nc1cc(-c2cc(F)cc(OC(F)F)c2)ccc1F)c1cccc(F)c1. The predicted octanol–water partition coefficient (Wildman–Crippen LogP) is 5.17. The van der Waals surface area contributed by atoms with Gasteiger partial charge in [-0.25, -0.2) is 21.6 Å². The molecule has 0 aromatic heterocycles. The van der Waals surface area contributed by atoms with Gasteiger partial charge in [0.25, 0.3) is 10.0 Å². The zero-order valence-corrected chi connectivity index (χ0v) is 15.2. The number of sulfonamides is 1. The maximum atomic E-state index is 14.1. The average Bonchev–Trinajstić information content (AvgIpc) is 2.62. The van der Waals surface area contributed by atoms with Crippen molar-refractivity contribution in [2.45, 2.75) is 11.5 Å². The quantitative estimate of drug-likeness (QED) is 0.550. The lowest BCUT2D eigenvalue weighted by atomic mass is 10.0. The molecule has 0 spiro atoms. The van der Waals surface area contributed by atoms with Gasteiger partial charge in [-0.15, -0.1) is 0 Å². The van der Waals surface area contributed by atoms with Crippen molar-refractivity contribution in [3.63, 3.8) is 0 Å². The molecule has 152 valence electrons. The van der Waals surface area contributed by atoms with Gasteiger partial charge in [-0.3, -0.25) is 4.72 Å². The molecule has 3 aromatic carbocycles. The van der Waals surface area contributed by atoms with Crippen molar-refractivity contribution < 1.29 is 35.1 Å². The van der Waals surface area contributed by atoms with Crippen molar-refractivity contribution in [1.29, 1.82) is 0 Å². The van der Waals surface area contributed by atoms with Gasteiger partial charge in [0, 0.05) is 6.07 Å². The first-order valence-corrected chi connectivity index (χ1v) is 9.46. The van der Waals surface area contributed by atoms with Crippen molar-refractivity contribution in [2.24, 2.45) is 0 Å². The van der Waals surface area contributed by atoms with Crippen LogP contribution >= 0.6 is 0 Å². The molecule has 0 amide bonds. The lowest BCUT2D eigenvalue weighted by Crippen LogP contribution is -2.14. The zero-order valence-electron chi connectivity index (χ0n) is 14.4. The van der Waals surface area contributed by atoms with Crippen molar-refractivity contribution in [1.82, 2.24) is 0 Å². The highest BCUT2D eigenvalue weighted by Crippen LogP contribution is 2.30. The van der Waals surface area contributed by atoms with E-state index in [1.54, 1.807) is 0 Å². The fraction of sp³-hybridized carbons (Fsp3) is 0.0526. The molecule has 0 aliphatic carbocycles. The molecule has 3 rings (SSSR count). The van der Waals surface area contributed by atoms with Crippen LogP contribution in [0.2, 0.25) is 0 Å². The summed E-state index contributed by atoms with van der Waals surface area (Å²) in [5, 5.41) is 0.